The second kappa shape index (κ2) is 4.63. The molecule has 0 unspecified atom stereocenters. The highest BCUT2D eigenvalue weighted by Gasteiger charge is 2.05. The average Bonchev–Trinajstić information content (AvgIpc) is 2.29. The number of nitrogens with two attached hydrogens (primary N) is 1. The van der Waals surface area contributed by atoms with E-state index in [9.17, 15) is 4.79 Å². The predicted molar refractivity (Wildman–Crippen MR) is 64.7 cm³/mol. The summed E-state index contributed by atoms with van der Waals surface area (Å²) in [5.74, 6) is 0. The lowest BCUT2D eigenvalue weighted by Gasteiger charge is -2.05. The van der Waals surface area contributed by atoms with E-state index in [0.29, 0.717) is 29.0 Å². The Morgan fingerprint density at radius 3 is 3.00 bits per heavy atom. The number of rotatable bonds is 3. The van der Waals surface area contributed by atoms with Gasteiger partial charge in [0.25, 0.3) is 5.56 Å². The summed E-state index contributed by atoms with van der Waals surface area (Å²) in [7, 11) is 0. The Morgan fingerprint density at radius 2 is 2.25 bits per heavy atom. The lowest BCUT2D eigenvalue weighted by molar-refractivity contribution is 0.624. The molecule has 2 aromatic rings. The third-order valence-corrected chi connectivity index (χ3v) is 2.71. The van der Waals surface area contributed by atoms with E-state index >= 15 is 0 Å². The topological polar surface area (TPSA) is 60.9 Å². The SMILES string of the molecule is NCCCn1cnc2c(Cl)cccc2c1=O. The minimum absolute atomic E-state index is 0.0686. The number of hydrogen-bond donors (Lipinski definition) is 1. The molecule has 5 heteroatoms. The summed E-state index contributed by atoms with van der Waals surface area (Å²) in [5, 5.41) is 1.05. The largest absolute Gasteiger partial charge is 0.330 e. The molecule has 0 saturated heterocycles. The van der Waals surface area contributed by atoms with Crippen LogP contribution < -0.4 is 11.3 Å². The van der Waals surface area contributed by atoms with Gasteiger partial charge in [0.05, 0.1) is 22.3 Å². The molecule has 1 aromatic carbocycles. The number of aryl methyl sites for hydroxylation is 1. The van der Waals surface area contributed by atoms with Crippen LogP contribution >= 0.6 is 11.6 Å². The van der Waals surface area contributed by atoms with Crippen molar-refractivity contribution in [3.63, 3.8) is 0 Å². The van der Waals surface area contributed by atoms with Gasteiger partial charge in [0.2, 0.25) is 0 Å². The van der Waals surface area contributed by atoms with Crippen LogP contribution in [0.5, 0.6) is 0 Å². The normalized spacial score (nSPS) is 10.9. The molecule has 0 bridgehead atoms. The molecule has 0 amide bonds. The molecule has 0 atom stereocenters. The van der Waals surface area contributed by atoms with Crippen LogP contribution in [0.1, 0.15) is 6.42 Å². The Kier molecular flexibility index (Phi) is 3.22. The van der Waals surface area contributed by atoms with Crippen LogP contribution in [0.3, 0.4) is 0 Å². The average molecular weight is 238 g/mol. The molecule has 0 radical (unpaired) electrons. The molecule has 16 heavy (non-hydrogen) atoms. The Balaban J connectivity index is 2.57. The highest BCUT2D eigenvalue weighted by Crippen LogP contribution is 2.17. The lowest BCUT2D eigenvalue weighted by atomic mass is 10.2. The molecule has 2 N–H and O–H groups in total. The van der Waals surface area contributed by atoms with Gasteiger partial charge in [-0.2, -0.15) is 0 Å². The van der Waals surface area contributed by atoms with E-state index < -0.39 is 0 Å². The fourth-order valence-electron chi connectivity index (χ4n) is 1.57. The van der Waals surface area contributed by atoms with Crippen LogP contribution in [0.2, 0.25) is 5.02 Å². The van der Waals surface area contributed by atoms with Crippen molar-refractivity contribution in [3.8, 4) is 0 Å². The molecule has 0 saturated carbocycles. The smallest absolute Gasteiger partial charge is 0.261 e. The van der Waals surface area contributed by atoms with E-state index in [1.165, 1.54) is 6.33 Å². The van der Waals surface area contributed by atoms with Gasteiger partial charge < -0.3 is 5.73 Å². The number of nitrogens with zero attached hydrogens (tertiary/aromatic N) is 2. The maximum Gasteiger partial charge on any atom is 0.261 e. The zero-order valence-electron chi connectivity index (χ0n) is 8.69. The summed E-state index contributed by atoms with van der Waals surface area (Å²) in [6, 6.07) is 5.21. The Hall–Kier alpha value is -1.39. The number of benzene rings is 1. The third kappa shape index (κ3) is 1.94. The van der Waals surface area contributed by atoms with Crippen molar-refractivity contribution >= 4 is 22.5 Å². The van der Waals surface area contributed by atoms with Crippen LogP contribution in [-0.2, 0) is 6.54 Å². The second-order valence-corrected chi connectivity index (χ2v) is 3.93. The summed E-state index contributed by atoms with van der Waals surface area (Å²) in [4.78, 5) is 16.2. The monoisotopic (exact) mass is 237 g/mol. The summed E-state index contributed by atoms with van der Waals surface area (Å²) >= 11 is 5.96. The summed E-state index contributed by atoms with van der Waals surface area (Å²) in [6.07, 6.45) is 2.28. The van der Waals surface area contributed by atoms with Gasteiger partial charge in [0.1, 0.15) is 0 Å². The van der Waals surface area contributed by atoms with Crippen molar-refractivity contribution in [2.24, 2.45) is 5.73 Å². The van der Waals surface area contributed by atoms with Gasteiger partial charge in [0.15, 0.2) is 0 Å². The maximum absolute atomic E-state index is 12.0. The van der Waals surface area contributed by atoms with E-state index in [0.717, 1.165) is 6.42 Å². The van der Waals surface area contributed by atoms with E-state index in [1.54, 1.807) is 22.8 Å². The molecular formula is C11H12ClN3O. The third-order valence-electron chi connectivity index (χ3n) is 2.41. The Labute approximate surface area is 97.7 Å². The van der Waals surface area contributed by atoms with Crippen LogP contribution in [0.25, 0.3) is 10.9 Å². The summed E-state index contributed by atoms with van der Waals surface area (Å²) in [6.45, 7) is 1.14. The Morgan fingerprint density at radius 1 is 1.44 bits per heavy atom. The number of hydrogen-bond acceptors (Lipinski definition) is 3. The van der Waals surface area contributed by atoms with Gasteiger partial charge in [-0.1, -0.05) is 17.7 Å². The minimum Gasteiger partial charge on any atom is -0.330 e. The number of fused-ring (bicyclic) bond motifs is 1. The second-order valence-electron chi connectivity index (χ2n) is 3.52. The molecule has 0 spiro atoms. The standard InChI is InChI=1S/C11H12ClN3O/c12-9-4-1-3-8-10(9)14-7-15(11(8)16)6-2-5-13/h1,3-4,7H,2,5-6,13H2. The van der Waals surface area contributed by atoms with Crippen molar-refractivity contribution in [3.05, 3.63) is 39.9 Å². The highest BCUT2D eigenvalue weighted by atomic mass is 35.5. The van der Waals surface area contributed by atoms with Gasteiger partial charge in [-0.25, -0.2) is 4.98 Å². The maximum atomic E-state index is 12.0. The fourth-order valence-corrected chi connectivity index (χ4v) is 1.80. The molecule has 0 aliphatic carbocycles. The molecule has 84 valence electrons. The molecule has 0 aliphatic heterocycles. The van der Waals surface area contributed by atoms with Gasteiger partial charge in [0, 0.05) is 6.54 Å². The highest BCUT2D eigenvalue weighted by molar-refractivity contribution is 6.34. The van der Waals surface area contributed by atoms with Crippen molar-refractivity contribution < 1.29 is 0 Å². The predicted octanol–water partition coefficient (Wildman–Crippen LogP) is 1.40. The van der Waals surface area contributed by atoms with Gasteiger partial charge in [-0.05, 0) is 25.1 Å². The number of halogens is 1. The summed E-state index contributed by atoms with van der Waals surface area (Å²) < 4.78 is 1.56. The molecule has 2 rings (SSSR count). The molecular weight excluding hydrogens is 226 g/mol. The zero-order valence-corrected chi connectivity index (χ0v) is 9.44. The van der Waals surface area contributed by atoms with Gasteiger partial charge in [-0.3, -0.25) is 9.36 Å². The van der Waals surface area contributed by atoms with Crippen LogP contribution in [0.15, 0.2) is 29.3 Å². The quantitative estimate of drug-likeness (QED) is 0.878. The molecule has 0 aliphatic rings. The first kappa shape index (κ1) is 11.1. The lowest BCUT2D eigenvalue weighted by Crippen LogP contribution is -2.22. The van der Waals surface area contributed by atoms with Crippen LogP contribution in [0.4, 0.5) is 0 Å². The van der Waals surface area contributed by atoms with Crippen LogP contribution in [-0.4, -0.2) is 16.1 Å². The first-order chi connectivity index (χ1) is 7.74. The van der Waals surface area contributed by atoms with Crippen molar-refractivity contribution in [1.29, 1.82) is 0 Å². The minimum atomic E-state index is -0.0686. The van der Waals surface area contributed by atoms with Crippen LogP contribution in [0, 0.1) is 0 Å². The van der Waals surface area contributed by atoms with E-state index in [1.807, 2.05) is 0 Å². The zero-order chi connectivity index (χ0) is 11.5. The van der Waals surface area contributed by atoms with Crippen molar-refractivity contribution in [2.45, 2.75) is 13.0 Å². The van der Waals surface area contributed by atoms with Gasteiger partial charge >= 0.3 is 0 Å². The molecule has 4 nitrogen and oxygen atoms in total. The first-order valence-corrected chi connectivity index (χ1v) is 5.45. The summed E-state index contributed by atoms with van der Waals surface area (Å²) in [5.41, 5.74) is 5.89. The molecule has 1 heterocycles. The van der Waals surface area contributed by atoms with Crippen molar-refractivity contribution in [2.75, 3.05) is 6.54 Å². The van der Waals surface area contributed by atoms with E-state index in [2.05, 4.69) is 4.98 Å². The number of para-hydroxylation sites is 1. The van der Waals surface area contributed by atoms with E-state index in [4.69, 9.17) is 17.3 Å². The number of aromatic nitrogens is 2. The van der Waals surface area contributed by atoms with Crippen molar-refractivity contribution in [1.82, 2.24) is 9.55 Å². The fraction of sp³-hybridized carbons (Fsp3) is 0.273. The Bertz CT molecular complexity index is 565. The molecule has 1 aromatic heterocycles. The molecule has 0 fully saturated rings. The van der Waals surface area contributed by atoms with E-state index in [-0.39, 0.29) is 5.56 Å². The first-order valence-electron chi connectivity index (χ1n) is 5.08. The van der Waals surface area contributed by atoms with Gasteiger partial charge in [-0.15, -0.1) is 0 Å².